The van der Waals surface area contributed by atoms with Crippen molar-refractivity contribution in [2.75, 3.05) is 5.32 Å². The number of fused-ring (bicyclic) bond motifs is 1. The minimum absolute atomic E-state index is 0.0394. The van der Waals surface area contributed by atoms with Crippen LogP contribution in [0.2, 0.25) is 0 Å². The Labute approximate surface area is 147 Å². The topological polar surface area (TPSA) is 81.4 Å². The Balaban J connectivity index is 1.93. The van der Waals surface area contributed by atoms with Crippen LogP contribution in [-0.2, 0) is 9.53 Å². The number of aryl methyl sites for hydroxylation is 1. The number of esters is 1. The highest BCUT2D eigenvalue weighted by Crippen LogP contribution is 2.40. The highest BCUT2D eigenvalue weighted by atomic mass is 79.9. The van der Waals surface area contributed by atoms with Crippen LogP contribution in [0.25, 0.3) is 10.9 Å². The summed E-state index contributed by atoms with van der Waals surface area (Å²) in [6, 6.07) is 3.61. The molecule has 1 fully saturated rings. The van der Waals surface area contributed by atoms with Gasteiger partial charge in [-0.05, 0) is 58.2 Å². The van der Waals surface area contributed by atoms with E-state index in [1.807, 2.05) is 33.8 Å². The zero-order valence-electron chi connectivity index (χ0n) is 14.0. The van der Waals surface area contributed by atoms with Gasteiger partial charge in [-0.25, -0.2) is 9.59 Å². The van der Waals surface area contributed by atoms with E-state index in [4.69, 9.17) is 9.15 Å². The van der Waals surface area contributed by atoms with Gasteiger partial charge in [0.25, 0.3) is 6.01 Å². The van der Waals surface area contributed by atoms with Crippen molar-refractivity contribution in [2.24, 2.45) is 0 Å². The maximum absolute atomic E-state index is 12.4. The minimum Gasteiger partial charge on any atom is -0.458 e. The third kappa shape index (κ3) is 3.17. The van der Waals surface area contributed by atoms with Gasteiger partial charge in [-0.15, -0.1) is 0 Å². The van der Waals surface area contributed by atoms with Gasteiger partial charge < -0.3 is 14.5 Å². The first-order valence-electron chi connectivity index (χ1n) is 7.73. The van der Waals surface area contributed by atoms with E-state index in [9.17, 15) is 9.59 Å². The summed E-state index contributed by atoms with van der Waals surface area (Å²) in [5, 5.41) is 3.38. The summed E-state index contributed by atoms with van der Waals surface area (Å²) in [6.45, 7) is 7.27. The van der Waals surface area contributed by atoms with Gasteiger partial charge in [-0.2, -0.15) is 4.98 Å². The molecule has 1 aromatic carbocycles. The molecule has 2 aromatic rings. The van der Waals surface area contributed by atoms with Crippen molar-refractivity contribution in [1.29, 1.82) is 0 Å². The number of anilines is 1. The van der Waals surface area contributed by atoms with Crippen LogP contribution in [0.3, 0.4) is 0 Å². The molecule has 1 saturated carbocycles. The number of rotatable bonds is 3. The number of carbonyl (C=O) groups excluding carboxylic acids is 1. The smallest absolute Gasteiger partial charge is 0.348 e. The molecule has 0 bridgehead atoms. The lowest BCUT2D eigenvalue weighted by Gasteiger charge is -2.24. The highest BCUT2D eigenvalue weighted by Gasteiger charge is 2.53. The molecule has 1 heterocycles. The molecule has 128 valence electrons. The lowest BCUT2D eigenvalue weighted by atomic mass is 10.1. The molecular weight excluding hydrogens is 376 g/mol. The quantitative estimate of drug-likeness (QED) is 0.801. The zero-order valence-corrected chi connectivity index (χ0v) is 15.6. The summed E-state index contributed by atoms with van der Waals surface area (Å²) in [6.07, 6.45) is 1.23. The normalized spacial score (nSPS) is 16.0. The van der Waals surface area contributed by atoms with Crippen molar-refractivity contribution in [1.82, 2.24) is 4.98 Å². The highest BCUT2D eigenvalue weighted by molar-refractivity contribution is 9.10. The SMILES string of the molecule is Cc1c(Br)ccc2nc(NC3(C(=O)OC(C)(C)C)CC3)oc(=O)c12. The van der Waals surface area contributed by atoms with Crippen LogP contribution < -0.4 is 10.9 Å². The number of carbonyl (C=O) groups is 1. The van der Waals surface area contributed by atoms with E-state index in [0.717, 1.165) is 10.0 Å². The number of halogens is 1. The summed E-state index contributed by atoms with van der Waals surface area (Å²) in [5.41, 5.74) is -0.617. The molecule has 3 rings (SSSR count). The molecule has 0 spiro atoms. The van der Waals surface area contributed by atoms with Crippen LogP contribution in [0.5, 0.6) is 0 Å². The molecule has 24 heavy (non-hydrogen) atoms. The molecular formula is C17H19BrN2O4. The third-order valence-corrected chi connectivity index (χ3v) is 4.74. The van der Waals surface area contributed by atoms with Crippen molar-refractivity contribution < 1.29 is 13.9 Å². The Morgan fingerprint density at radius 3 is 2.62 bits per heavy atom. The number of ether oxygens (including phenoxy) is 1. The van der Waals surface area contributed by atoms with Crippen LogP contribution in [0.1, 0.15) is 39.2 Å². The molecule has 0 aliphatic heterocycles. The number of hydrogen-bond acceptors (Lipinski definition) is 6. The molecule has 0 saturated heterocycles. The first-order chi connectivity index (χ1) is 11.1. The molecule has 7 heteroatoms. The fraction of sp³-hybridized carbons (Fsp3) is 0.471. The van der Waals surface area contributed by atoms with Crippen LogP contribution in [0.15, 0.2) is 25.8 Å². The monoisotopic (exact) mass is 394 g/mol. The third-order valence-electron chi connectivity index (χ3n) is 3.88. The van der Waals surface area contributed by atoms with E-state index in [-0.39, 0.29) is 12.0 Å². The predicted octanol–water partition coefficient (Wildman–Crippen LogP) is 3.55. The number of nitrogens with zero attached hydrogens (tertiary/aromatic N) is 1. The maximum Gasteiger partial charge on any atom is 0.348 e. The number of aromatic nitrogens is 1. The largest absolute Gasteiger partial charge is 0.458 e. The van der Waals surface area contributed by atoms with Gasteiger partial charge in [-0.1, -0.05) is 15.9 Å². The molecule has 0 amide bonds. The summed E-state index contributed by atoms with van der Waals surface area (Å²) >= 11 is 3.39. The van der Waals surface area contributed by atoms with Crippen LogP contribution in [-0.4, -0.2) is 22.1 Å². The van der Waals surface area contributed by atoms with Gasteiger partial charge in [0.1, 0.15) is 11.1 Å². The average molecular weight is 395 g/mol. The summed E-state index contributed by atoms with van der Waals surface area (Å²) in [4.78, 5) is 29.0. The van der Waals surface area contributed by atoms with Gasteiger partial charge in [0.05, 0.1) is 10.9 Å². The Morgan fingerprint density at radius 2 is 2.04 bits per heavy atom. The van der Waals surface area contributed by atoms with Gasteiger partial charge >= 0.3 is 11.6 Å². The first kappa shape index (κ1) is 17.0. The van der Waals surface area contributed by atoms with Gasteiger partial charge in [0, 0.05) is 4.47 Å². The molecule has 1 aliphatic carbocycles. The second-order valence-electron chi connectivity index (χ2n) is 7.08. The van der Waals surface area contributed by atoms with Crippen LogP contribution >= 0.6 is 15.9 Å². The summed E-state index contributed by atoms with van der Waals surface area (Å²) in [7, 11) is 0. The average Bonchev–Trinajstić information content (AvgIpc) is 3.22. The molecule has 1 aromatic heterocycles. The minimum atomic E-state index is -0.853. The van der Waals surface area contributed by atoms with Gasteiger partial charge in [0.2, 0.25) is 0 Å². The van der Waals surface area contributed by atoms with Crippen molar-refractivity contribution in [3.05, 3.63) is 32.6 Å². The zero-order chi connectivity index (χ0) is 17.7. The van der Waals surface area contributed by atoms with Crippen LogP contribution in [0, 0.1) is 6.92 Å². The maximum atomic E-state index is 12.4. The van der Waals surface area contributed by atoms with E-state index < -0.39 is 16.8 Å². The number of benzene rings is 1. The summed E-state index contributed by atoms with van der Waals surface area (Å²) < 4.78 is 11.5. The lowest BCUT2D eigenvalue weighted by molar-refractivity contribution is -0.157. The Kier molecular flexibility index (Phi) is 3.94. The van der Waals surface area contributed by atoms with Gasteiger partial charge in [0.15, 0.2) is 0 Å². The van der Waals surface area contributed by atoms with E-state index in [1.54, 1.807) is 6.07 Å². The van der Waals surface area contributed by atoms with Crippen molar-refractivity contribution in [2.45, 2.75) is 51.7 Å². The molecule has 0 radical (unpaired) electrons. The predicted molar refractivity (Wildman–Crippen MR) is 94.1 cm³/mol. The molecule has 6 nitrogen and oxygen atoms in total. The van der Waals surface area contributed by atoms with Crippen molar-refractivity contribution >= 4 is 38.8 Å². The van der Waals surface area contributed by atoms with Crippen LogP contribution in [0.4, 0.5) is 6.01 Å². The Morgan fingerprint density at radius 1 is 1.38 bits per heavy atom. The molecule has 1 N–H and O–H groups in total. The second-order valence-corrected chi connectivity index (χ2v) is 7.94. The lowest BCUT2D eigenvalue weighted by Crippen LogP contribution is -2.38. The van der Waals surface area contributed by atoms with E-state index in [1.165, 1.54) is 0 Å². The fourth-order valence-corrected chi connectivity index (χ4v) is 2.76. The molecule has 1 aliphatic rings. The summed E-state index contributed by atoms with van der Waals surface area (Å²) in [5.74, 6) is -0.355. The fourth-order valence-electron chi connectivity index (χ4n) is 2.43. The van der Waals surface area contributed by atoms with Crippen molar-refractivity contribution in [3.8, 4) is 0 Å². The van der Waals surface area contributed by atoms with Gasteiger partial charge in [-0.3, -0.25) is 0 Å². The van der Waals surface area contributed by atoms with Crippen molar-refractivity contribution in [3.63, 3.8) is 0 Å². The molecule has 0 unspecified atom stereocenters. The Bertz CT molecular complexity index is 879. The molecule has 0 atom stereocenters. The van der Waals surface area contributed by atoms with E-state index in [0.29, 0.717) is 23.7 Å². The number of hydrogen-bond donors (Lipinski definition) is 1. The first-order valence-corrected chi connectivity index (χ1v) is 8.52. The van der Waals surface area contributed by atoms with E-state index >= 15 is 0 Å². The second kappa shape index (κ2) is 5.58. The number of nitrogens with one attached hydrogen (secondary N) is 1. The Hall–Kier alpha value is -1.89. The van der Waals surface area contributed by atoms with E-state index in [2.05, 4.69) is 26.2 Å². The standard InChI is InChI=1S/C17H19BrN2O4/c1-9-10(18)5-6-11-12(9)13(21)23-15(19-11)20-17(7-8-17)14(22)24-16(2,3)4/h5-6H,7-8H2,1-4H3,(H,19,20).